The second kappa shape index (κ2) is 4.71. The maximum atomic E-state index is 6.29. The molecule has 0 bridgehead atoms. The molecule has 0 saturated carbocycles. The summed E-state index contributed by atoms with van der Waals surface area (Å²) in [4.78, 5) is 0. The summed E-state index contributed by atoms with van der Waals surface area (Å²) in [6.45, 7) is 5.01. The van der Waals surface area contributed by atoms with Gasteiger partial charge in [-0.15, -0.1) is 0 Å². The Bertz CT molecular complexity index is 497. The highest BCUT2D eigenvalue weighted by Gasteiger charge is 2.17. The second-order valence-electron chi connectivity index (χ2n) is 4.30. The van der Waals surface area contributed by atoms with Crippen molar-refractivity contribution in [2.24, 2.45) is 12.8 Å². The van der Waals surface area contributed by atoms with Gasteiger partial charge < -0.3 is 5.73 Å². The highest BCUT2D eigenvalue weighted by atomic mass is 15.3. The molecule has 0 fully saturated rings. The van der Waals surface area contributed by atoms with Crippen molar-refractivity contribution >= 4 is 0 Å². The van der Waals surface area contributed by atoms with Gasteiger partial charge in [0.15, 0.2) is 0 Å². The first-order valence-electron chi connectivity index (χ1n) is 5.91. The molecule has 0 aromatic carbocycles. The fraction of sp³-hybridized carbons (Fsp3) is 0.500. The monoisotopic (exact) mass is 233 g/mol. The number of nitrogens with two attached hydrogens (primary N) is 1. The van der Waals surface area contributed by atoms with E-state index in [1.165, 1.54) is 0 Å². The Morgan fingerprint density at radius 2 is 2.24 bits per heavy atom. The molecule has 0 aliphatic rings. The van der Waals surface area contributed by atoms with Gasteiger partial charge in [-0.3, -0.25) is 9.36 Å². The lowest BCUT2D eigenvalue weighted by Gasteiger charge is -2.13. The molecule has 2 rings (SSSR count). The minimum absolute atomic E-state index is 0.155. The van der Waals surface area contributed by atoms with E-state index in [-0.39, 0.29) is 6.04 Å². The van der Waals surface area contributed by atoms with Gasteiger partial charge in [0.05, 0.1) is 17.4 Å². The van der Waals surface area contributed by atoms with E-state index in [0.29, 0.717) is 0 Å². The van der Waals surface area contributed by atoms with Crippen molar-refractivity contribution < 1.29 is 0 Å². The maximum absolute atomic E-state index is 6.29. The van der Waals surface area contributed by atoms with Crippen molar-refractivity contribution in [1.82, 2.24) is 19.6 Å². The molecule has 2 aromatic rings. The van der Waals surface area contributed by atoms with Crippen LogP contribution in [0, 0.1) is 6.92 Å². The van der Waals surface area contributed by atoms with Crippen molar-refractivity contribution in [3.8, 4) is 0 Å². The summed E-state index contributed by atoms with van der Waals surface area (Å²) in [5.41, 5.74) is 9.37. The minimum atomic E-state index is -0.155. The lowest BCUT2D eigenvalue weighted by molar-refractivity contribution is 0.559. The summed E-state index contributed by atoms with van der Waals surface area (Å²) in [7, 11) is 1.91. The molecular formula is C12H19N5. The van der Waals surface area contributed by atoms with Crippen LogP contribution in [0.4, 0.5) is 0 Å². The minimum Gasteiger partial charge on any atom is -0.319 e. The van der Waals surface area contributed by atoms with Crippen LogP contribution in [-0.4, -0.2) is 19.6 Å². The van der Waals surface area contributed by atoms with Crippen molar-refractivity contribution in [2.45, 2.75) is 32.9 Å². The third-order valence-corrected chi connectivity index (χ3v) is 2.89. The molecular weight excluding hydrogens is 214 g/mol. The fourth-order valence-corrected chi connectivity index (χ4v) is 2.09. The van der Waals surface area contributed by atoms with Crippen molar-refractivity contribution in [3.63, 3.8) is 0 Å². The molecule has 2 aromatic heterocycles. The zero-order valence-corrected chi connectivity index (χ0v) is 10.6. The number of rotatable bonds is 4. The first-order chi connectivity index (χ1) is 8.13. The summed E-state index contributed by atoms with van der Waals surface area (Å²) in [5, 5.41) is 8.62. The van der Waals surface area contributed by atoms with Crippen LogP contribution in [0.2, 0.25) is 0 Å². The average Bonchev–Trinajstić information content (AvgIpc) is 2.85. The third kappa shape index (κ3) is 2.24. The molecule has 17 heavy (non-hydrogen) atoms. The SMILES string of the molecule is CCCn1nccc1C(N)c1cn(C)nc1C. The van der Waals surface area contributed by atoms with Crippen LogP contribution in [0.25, 0.3) is 0 Å². The van der Waals surface area contributed by atoms with Crippen LogP contribution in [0.1, 0.15) is 36.3 Å². The van der Waals surface area contributed by atoms with E-state index in [2.05, 4.69) is 17.1 Å². The molecule has 1 unspecified atom stereocenters. The van der Waals surface area contributed by atoms with E-state index in [1.807, 2.05) is 30.9 Å². The highest BCUT2D eigenvalue weighted by molar-refractivity contribution is 5.28. The Balaban J connectivity index is 2.33. The zero-order chi connectivity index (χ0) is 12.4. The maximum Gasteiger partial charge on any atom is 0.0756 e. The van der Waals surface area contributed by atoms with Crippen molar-refractivity contribution in [3.05, 3.63) is 35.4 Å². The first kappa shape index (κ1) is 11.9. The van der Waals surface area contributed by atoms with Crippen LogP contribution in [0.15, 0.2) is 18.5 Å². The van der Waals surface area contributed by atoms with E-state index in [0.717, 1.165) is 29.9 Å². The summed E-state index contributed by atoms with van der Waals surface area (Å²) < 4.78 is 3.77. The molecule has 92 valence electrons. The van der Waals surface area contributed by atoms with E-state index >= 15 is 0 Å². The molecule has 0 spiro atoms. The van der Waals surface area contributed by atoms with Gasteiger partial charge in [-0.2, -0.15) is 10.2 Å². The standard InChI is InChI=1S/C12H19N5/c1-4-7-17-11(5-6-14-17)12(13)10-8-16(3)15-9(10)2/h5-6,8,12H,4,7,13H2,1-3H3. The molecule has 0 aliphatic heterocycles. The van der Waals surface area contributed by atoms with Gasteiger partial charge in [0.1, 0.15) is 0 Å². The summed E-state index contributed by atoms with van der Waals surface area (Å²) >= 11 is 0. The van der Waals surface area contributed by atoms with Crippen molar-refractivity contribution in [1.29, 1.82) is 0 Å². The van der Waals surface area contributed by atoms with Gasteiger partial charge in [0.25, 0.3) is 0 Å². The molecule has 0 saturated heterocycles. The summed E-state index contributed by atoms with van der Waals surface area (Å²) in [5.74, 6) is 0. The van der Waals surface area contributed by atoms with Gasteiger partial charge in [-0.25, -0.2) is 0 Å². The molecule has 5 nitrogen and oxygen atoms in total. The summed E-state index contributed by atoms with van der Waals surface area (Å²) in [6.07, 6.45) is 4.83. The van der Waals surface area contributed by atoms with Crippen LogP contribution in [0.5, 0.6) is 0 Å². The molecule has 0 aliphatic carbocycles. The van der Waals surface area contributed by atoms with E-state index in [4.69, 9.17) is 5.73 Å². The lowest BCUT2D eigenvalue weighted by Crippen LogP contribution is -2.18. The zero-order valence-electron chi connectivity index (χ0n) is 10.6. The molecule has 2 N–H and O–H groups in total. The Morgan fingerprint density at radius 1 is 1.47 bits per heavy atom. The number of nitrogens with zero attached hydrogens (tertiary/aromatic N) is 4. The number of hydrogen-bond donors (Lipinski definition) is 1. The molecule has 0 amide bonds. The Hall–Kier alpha value is -1.62. The molecule has 5 heteroatoms. The Morgan fingerprint density at radius 3 is 2.82 bits per heavy atom. The fourth-order valence-electron chi connectivity index (χ4n) is 2.09. The van der Waals surface area contributed by atoms with Crippen LogP contribution in [0.3, 0.4) is 0 Å². The van der Waals surface area contributed by atoms with Crippen molar-refractivity contribution in [2.75, 3.05) is 0 Å². The van der Waals surface area contributed by atoms with E-state index in [1.54, 1.807) is 10.9 Å². The predicted molar refractivity (Wildman–Crippen MR) is 66.5 cm³/mol. The van der Waals surface area contributed by atoms with Gasteiger partial charge >= 0.3 is 0 Å². The van der Waals surface area contributed by atoms with Crippen LogP contribution < -0.4 is 5.73 Å². The second-order valence-corrected chi connectivity index (χ2v) is 4.30. The number of hydrogen-bond acceptors (Lipinski definition) is 3. The van der Waals surface area contributed by atoms with Gasteiger partial charge in [-0.05, 0) is 19.4 Å². The largest absolute Gasteiger partial charge is 0.319 e. The quantitative estimate of drug-likeness (QED) is 0.868. The van der Waals surface area contributed by atoms with Gasteiger partial charge in [0, 0.05) is 31.5 Å². The first-order valence-corrected chi connectivity index (χ1v) is 5.91. The average molecular weight is 233 g/mol. The van der Waals surface area contributed by atoms with Crippen LogP contribution in [-0.2, 0) is 13.6 Å². The number of aromatic nitrogens is 4. The van der Waals surface area contributed by atoms with E-state index < -0.39 is 0 Å². The Labute approximate surface area is 101 Å². The smallest absolute Gasteiger partial charge is 0.0756 e. The molecule has 2 heterocycles. The molecule has 0 radical (unpaired) electrons. The molecule has 1 atom stereocenters. The van der Waals surface area contributed by atoms with Gasteiger partial charge in [-0.1, -0.05) is 6.92 Å². The third-order valence-electron chi connectivity index (χ3n) is 2.89. The lowest BCUT2D eigenvalue weighted by atomic mass is 10.1. The van der Waals surface area contributed by atoms with Gasteiger partial charge in [0.2, 0.25) is 0 Å². The summed E-state index contributed by atoms with van der Waals surface area (Å²) in [6, 6.07) is 1.82. The topological polar surface area (TPSA) is 61.7 Å². The van der Waals surface area contributed by atoms with Crippen LogP contribution >= 0.6 is 0 Å². The normalized spacial score (nSPS) is 12.9. The predicted octanol–water partition coefficient (Wildman–Crippen LogP) is 1.38. The number of aryl methyl sites for hydroxylation is 3. The Kier molecular flexibility index (Phi) is 3.28. The highest BCUT2D eigenvalue weighted by Crippen LogP contribution is 2.21. The van der Waals surface area contributed by atoms with E-state index in [9.17, 15) is 0 Å².